The fraction of sp³-hybridized carbons (Fsp3) is 0.525. The number of aromatic nitrogens is 6. The minimum absolute atomic E-state index is 0.00464. The lowest BCUT2D eigenvalue weighted by atomic mass is 9.92. The number of carboxylic acids is 4. The van der Waals surface area contributed by atoms with Gasteiger partial charge in [-0.2, -0.15) is 0 Å². The van der Waals surface area contributed by atoms with Crippen LogP contribution >= 0.6 is 0 Å². The molecule has 3 saturated heterocycles. The summed E-state index contributed by atoms with van der Waals surface area (Å²) in [4.78, 5) is 146. The molecule has 9 rings (SSSR count). The van der Waals surface area contributed by atoms with Gasteiger partial charge in [0.15, 0.2) is 11.6 Å². The summed E-state index contributed by atoms with van der Waals surface area (Å²) in [5, 5.41) is 108. The molecule has 3 aliphatic rings. The Hall–Kier alpha value is -11.0. The normalized spacial score (nSPS) is 16.0. The molecular formula is C80H109N17O18. The first-order chi connectivity index (χ1) is 55.0. The number of aliphatic carboxylic acids is 4. The van der Waals surface area contributed by atoms with Crippen molar-refractivity contribution in [1.82, 2.24) is 84.7 Å². The summed E-state index contributed by atoms with van der Waals surface area (Å²) in [7, 11) is 0. The maximum atomic E-state index is 14.7. The number of carbonyl (C=O) groups is 10. The number of phenolic OH excluding ortho intramolecular Hbond substituents is 4. The lowest BCUT2D eigenvalue weighted by molar-refractivity contribution is -0.145. The molecule has 2 atom stereocenters. The van der Waals surface area contributed by atoms with Crippen molar-refractivity contribution >= 4 is 59.2 Å². The summed E-state index contributed by atoms with van der Waals surface area (Å²) in [6.45, 7) is 16.3. The van der Waals surface area contributed by atoms with Gasteiger partial charge in [0.25, 0.3) is 11.8 Å². The van der Waals surface area contributed by atoms with Gasteiger partial charge >= 0.3 is 23.9 Å². The fourth-order valence-corrected chi connectivity index (χ4v) is 14.8. The molecule has 0 spiro atoms. The molecule has 3 fully saturated rings. The first-order valence-corrected chi connectivity index (χ1v) is 39.4. The van der Waals surface area contributed by atoms with Crippen molar-refractivity contribution in [3.8, 4) is 57.1 Å². The van der Waals surface area contributed by atoms with Crippen LogP contribution in [-0.4, -0.2) is 319 Å². The Morgan fingerprint density at radius 2 is 0.852 bits per heavy atom. The monoisotopic (exact) mass is 1600 g/mol. The van der Waals surface area contributed by atoms with Crippen LogP contribution in [0.5, 0.6) is 23.0 Å². The number of unbranched alkanes of at least 4 members (excludes halogenated alkanes) is 1. The number of piperazine rings is 2. The molecule has 35 nitrogen and oxygen atoms in total. The third-order valence-corrected chi connectivity index (χ3v) is 21.1. The molecule has 35 heteroatoms. The Labute approximate surface area is 667 Å². The second-order valence-electron chi connectivity index (χ2n) is 30.1. The van der Waals surface area contributed by atoms with Crippen molar-refractivity contribution in [3.05, 3.63) is 107 Å². The van der Waals surface area contributed by atoms with Crippen molar-refractivity contribution in [3.63, 3.8) is 0 Å². The highest BCUT2D eigenvalue weighted by Crippen LogP contribution is 2.40. The third kappa shape index (κ3) is 24.5. The zero-order chi connectivity index (χ0) is 83.2. The molecule has 0 bridgehead atoms. The molecule has 0 unspecified atom stereocenters. The van der Waals surface area contributed by atoms with Gasteiger partial charge in [-0.15, -0.1) is 20.4 Å². The van der Waals surface area contributed by atoms with Gasteiger partial charge in [0.1, 0.15) is 34.8 Å². The van der Waals surface area contributed by atoms with Gasteiger partial charge in [0.2, 0.25) is 29.4 Å². The number of ketones is 1. The van der Waals surface area contributed by atoms with Crippen LogP contribution in [0.1, 0.15) is 148 Å². The molecule has 3 aliphatic heterocycles. The Kier molecular flexibility index (Phi) is 32.0. The number of hydrogen-bond donors (Lipinski definition) is 11. The smallest absolute Gasteiger partial charge is 0.320 e. The summed E-state index contributed by atoms with van der Waals surface area (Å²) in [5.74, 6) is -7.88. The van der Waals surface area contributed by atoms with E-state index in [0.717, 1.165) is 11.1 Å². The van der Waals surface area contributed by atoms with Crippen LogP contribution in [0, 0.1) is 5.92 Å². The van der Waals surface area contributed by atoms with Crippen molar-refractivity contribution in [2.45, 2.75) is 124 Å². The first-order valence-electron chi connectivity index (χ1n) is 39.4. The molecule has 6 aromatic rings. The molecule has 622 valence electrons. The molecule has 115 heavy (non-hydrogen) atoms. The molecule has 11 N–H and O–H groups in total. The van der Waals surface area contributed by atoms with Crippen LogP contribution in [0.2, 0.25) is 0 Å². The van der Waals surface area contributed by atoms with Crippen LogP contribution in [0.3, 0.4) is 0 Å². The molecule has 0 saturated carbocycles. The summed E-state index contributed by atoms with van der Waals surface area (Å²) in [6.07, 6.45) is 0.460. The molecule has 0 radical (unpaired) electrons. The number of nitrogens with one attached hydrogen (secondary N) is 3. The zero-order valence-corrected chi connectivity index (χ0v) is 66.3. The molecule has 2 aromatic heterocycles. The average molecular weight is 1600 g/mol. The van der Waals surface area contributed by atoms with E-state index in [4.69, 9.17) is 0 Å². The van der Waals surface area contributed by atoms with Gasteiger partial charge in [0, 0.05) is 193 Å². The van der Waals surface area contributed by atoms with Crippen LogP contribution in [0.25, 0.3) is 34.2 Å². The number of Topliss-reactive ketones (excluding diaryl/α,β-unsaturated/α-hetero) is 1. The number of amides is 5. The number of phenols is 4. The van der Waals surface area contributed by atoms with Crippen LogP contribution < -0.4 is 16.0 Å². The van der Waals surface area contributed by atoms with E-state index in [1.807, 2.05) is 76.2 Å². The van der Waals surface area contributed by atoms with Crippen LogP contribution in [-0.2, 0) is 51.4 Å². The van der Waals surface area contributed by atoms with Crippen molar-refractivity contribution in [2.24, 2.45) is 5.92 Å². The van der Waals surface area contributed by atoms with E-state index in [1.54, 1.807) is 64.5 Å². The topological polar surface area (TPSA) is 456 Å². The second kappa shape index (κ2) is 41.9. The second-order valence-corrected chi connectivity index (χ2v) is 30.1. The van der Waals surface area contributed by atoms with E-state index < -0.39 is 66.6 Å². The quantitative estimate of drug-likeness (QED) is 0.0247. The lowest BCUT2D eigenvalue weighted by Crippen LogP contribution is -2.52. The number of aromatic hydroxyl groups is 4. The van der Waals surface area contributed by atoms with E-state index in [1.165, 1.54) is 12.1 Å². The SMILES string of the molecule is CCNC(=O)c1nnc(-c2cc(C(C)C)c(O)cc2O)n1-c1ccc(CN2CCN(C(=O)CCC(=O)C[C@@H](CCCCNC(=O)CC[C@H](C(=O)O)N3CCN(CC(=O)O)CCN(CC(=O)O)CCN(CC(=O)O)CC3)C(=O)N3CCN(Cc4ccc(-n5c(C(=O)NCC)nnc5-c5cc(C(C)C)c(O)cc5O)cc4)CC3)CC2)cc1. The van der Waals surface area contributed by atoms with Crippen LogP contribution in [0.15, 0.2) is 72.8 Å². The van der Waals surface area contributed by atoms with Gasteiger partial charge in [0.05, 0.1) is 30.8 Å². The van der Waals surface area contributed by atoms with Crippen molar-refractivity contribution < 1.29 is 88.8 Å². The predicted molar refractivity (Wildman–Crippen MR) is 422 cm³/mol. The lowest BCUT2D eigenvalue weighted by Gasteiger charge is -2.36. The molecule has 5 amide bonds. The highest BCUT2D eigenvalue weighted by molar-refractivity contribution is 5.93. The number of rotatable bonds is 36. The van der Waals surface area contributed by atoms with Gasteiger partial charge in [-0.05, 0) is 104 Å². The summed E-state index contributed by atoms with van der Waals surface area (Å²) in [6, 6.07) is 19.5. The average Bonchev–Trinajstić information content (AvgIpc) is 1.65. The van der Waals surface area contributed by atoms with Crippen LogP contribution in [0.4, 0.5) is 0 Å². The minimum Gasteiger partial charge on any atom is -0.508 e. The molecule has 5 heterocycles. The number of carbonyl (C=O) groups excluding carboxylic acids is 6. The summed E-state index contributed by atoms with van der Waals surface area (Å²) in [5.41, 5.74) is 4.67. The Balaban J connectivity index is 0.818. The highest BCUT2D eigenvalue weighted by Gasteiger charge is 2.34. The van der Waals surface area contributed by atoms with Crippen molar-refractivity contribution in [2.75, 3.05) is 144 Å². The van der Waals surface area contributed by atoms with E-state index >= 15 is 0 Å². The first kappa shape index (κ1) is 88.0. The van der Waals surface area contributed by atoms with E-state index in [-0.39, 0.29) is 191 Å². The summed E-state index contributed by atoms with van der Waals surface area (Å²) < 4.78 is 3.12. The number of benzene rings is 4. The third-order valence-electron chi connectivity index (χ3n) is 21.1. The van der Waals surface area contributed by atoms with E-state index in [0.29, 0.717) is 114 Å². The molecular weight excluding hydrogens is 1490 g/mol. The Morgan fingerprint density at radius 3 is 1.25 bits per heavy atom. The molecule has 0 aliphatic carbocycles. The van der Waals surface area contributed by atoms with Gasteiger partial charge in [-0.3, -0.25) is 86.5 Å². The predicted octanol–water partition coefficient (Wildman–Crippen LogP) is 4.09. The van der Waals surface area contributed by atoms with E-state index in [2.05, 4.69) is 46.1 Å². The Morgan fingerprint density at radius 1 is 0.443 bits per heavy atom. The maximum Gasteiger partial charge on any atom is 0.320 e. The number of nitrogens with zero attached hydrogens (tertiary/aromatic N) is 14. The zero-order valence-electron chi connectivity index (χ0n) is 66.3. The number of hydrogen-bond acceptors (Lipinski definition) is 24. The summed E-state index contributed by atoms with van der Waals surface area (Å²) >= 11 is 0. The van der Waals surface area contributed by atoms with Crippen molar-refractivity contribution in [1.29, 1.82) is 0 Å². The van der Waals surface area contributed by atoms with Gasteiger partial charge < -0.3 is 66.6 Å². The fourth-order valence-electron chi connectivity index (χ4n) is 14.8. The number of carboxylic acid groups (broad SMARTS) is 4. The largest absolute Gasteiger partial charge is 0.508 e. The molecule has 4 aromatic carbocycles. The standard InChI is InChI=1S/C80H109N17O18/c1-7-81-77(111)75-86-84-73(61-42-59(51(3)4)64(99)44-66(61)101)96(75)56-16-12-53(13-17-56)46-88-31-37-94(38-32-88)69(104)23-20-58(98)41-55(11-9-10-24-83-68(103)22-21-63(80(114)115)93-35-29-91(49-71(107)108)27-25-90(48-70(105)106)26-28-92(30-36-93)50-72(109)110)79(113)95-39-33-89(34-40-95)47-54-14-18-57(19-15-54)97-74(85-87-76(97)78(112)82-8-2)62-43-60(52(5)6)65(100)45-67(62)102/h12-19,42-45,51-52,55,63,99-102H,7-11,20-41,46-50H2,1-6H3,(H,81,111)(H,82,112)(H,83,103)(H,105,106)(H,107,108)(H,109,110)(H,114,115)/t55-,63-/m1/s1. The Bertz CT molecular complexity index is 4350. The minimum atomic E-state index is -1.24. The highest BCUT2D eigenvalue weighted by atomic mass is 16.4. The maximum absolute atomic E-state index is 14.7. The van der Waals surface area contributed by atoms with Gasteiger partial charge in [-0.1, -0.05) is 58.4 Å². The van der Waals surface area contributed by atoms with E-state index in [9.17, 15) is 88.8 Å². The van der Waals surface area contributed by atoms with Gasteiger partial charge in [-0.25, -0.2) is 0 Å².